The zero-order valence-corrected chi connectivity index (χ0v) is 48.5. The molecule has 0 unspecified atom stereocenters. The maximum Gasteiger partial charge on any atom is 0.179 e. The Kier molecular flexibility index (Phi) is 68.2. The van der Waals surface area contributed by atoms with Crippen LogP contribution in [0.1, 0.15) is 184 Å². The third-order valence-corrected chi connectivity index (χ3v) is 12.9. The van der Waals surface area contributed by atoms with Crippen LogP contribution in [0.5, 0.6) is 0 Å². The van der Waals surface area contributed by atoms with E-state index in [0.717, 1.165) is 13.0 Å². The van der Waals surface area contributed by atoms with Gasteiger partial charge in [0.2, 0.25) is 0 Å². The van der Waals surface area contributed by atoms with Crippen molar-refractivity contribution in [1.29, 1.82) is 0 Å². The lowest BCUT2D eigenvalue weighted by Crippen LogP contribution is -2.74. The van der Waals surface area contributed by atoms with Gasteiger partial charge in [0.1, 0.15) is 0 Å². The summed E-state index contributed by atoms with van der Waals surface area (Å²) in [5.41, 5.74) is 5.60. The lowest BCUT2D eigenvalue weighted by molar-refractivity contribution is 0.961. The van der Waals surface area contributed by atoms with Crippen LogP contribution in [0.15, 0.2) is 170 Å². The van der Waals surface area contributed by atoms with Crippen LogP contribution in [-0.4, -0.2) is 14.6 Å². The zero-order valence-electron chi connectivity index (χ0n) is 47.5. The van der Waals surface area contributed by atoms with E-state index in [4.69, 9.17) is 0 Å². The molecule has 0 saturated carbocycles. The minimum Gasteiger partial charge on any atom is -0.341 e. The Morgan fingerprint density at radius 1 is 0.277 bits per heavy atom. The van der Waals surface area contributed by atoms with Crippen molar-refractivity contribution in [2.75, 3.05) is 11.4 Å². The van der Waals surface area contributed by atoms with Crippen LogP contribution in [0.3, 0.4) is 0 Å². The first-order valence-corrected chi connectivity index (χ1v) is 28.5. The fourth-order valence-corrected chi connectivity index (χ4v) is 11.0. The van der Waals surface area contributed by atoms with Crippen molar-refractivity contribution in [1.82, 2.24) is 0 Å². The normalized spacial score (nSPS) is 8.66. The summed E-state index contributed by atoms with van der Waals surface area (Å²) < 4.78 is 0. The van der Waals surface area contributed by atoms with Gasteiger partial charge in [-0.15, -0.1) is 0 Å². The molecule has 1 nitrogen and oxygen atoms in total. The molecule has 0 radical (unpaired) electrons. The molecule has 0 atom stereocenters. The van der Waals surface area contributed by atoms with E-state index in [0.29, 0.717) is 0 Å². The second kappa shape index (κ2) is 59.3. The molecule has 0 fully saturated rings. The van der Waals surface area contributed by atoms with Gasteiger partial charge < -0.3 is 4.90 Å². The summed E-state index contributed by atoms with van der Waals surface area (Å²) in [5.74, 6) is 0. The van der Waals surface area contributed by atoms with Crippen LogP contribution in [0, 0.1) is 0 Å². The molecule has 0 aliphatic carbocycles. The maximum atomic E-state index is 2.40. The van der Waals surface area contributed by atoms with Crippen molar-refractivity contribution in [3.05, 3.63) is 181 Å². The molecule has 0 saturated heterocycles. The largest absolute Gasteiger partial charge is 0.341 e. The van der Waals surface area contributed by atoms with E-state index in [1.807, 2.05) is 166 Å². The number of fused-ring (bicyclic) bond motifs is 2. The summed E-state index contributed by atoms with van der Waals surface area (Å²) >= 11 is 0. The van der Waals surface area contributed by atoms with E-state index in [9.17, 15) is 0 Å². The maximum absolute atomic E-state index is 2.40. The fraction of sp³-hybridized carbons (Fsp3) is 0.429. The van der Waals surface area contributed by atoms with Crippen molar-refractivity contribution < 1.29 is 0 Å². The standard InChI is InChI=1S/C24H20Si.C15H15N.12C2H6/c1-5-13-21(14-6-1)25(22-15-7-2-8-16-22,23-17-9-3-10-18-23)24-19-11-4-12-20-24;1-2-16-14-9-5-3-7-12(14)11-13-8-4-6-10-15(13)16;12*1-2/h1-20H;3-10H,2,11H2,1H3;12*1-2H3. The van der Waals surface area contributed by atoms with Gasteiger partial charge >= 0.3 is 0 Å². The Bertz CT molecular complexity index is 1470. The van der Waals surface area contributed by atoms with Crippen molar-refractivity contribution in [2.45, 2.75) is 180 Å². The monoisotopic (exact) mass is 906 g/mol. The summed E-state index contributed by atoms with van der Waals surface area (Å²) in [4.78, 5) is 2.40. The van der Waals surface area contributed by atoms with Crippen LogP contribution >= 0.6 is 0 Å². The summed E-state index contributed by atoms with van der Waals surface area (Å²) in [6.45, 7) is 51.2. The van der Waals surface area contributed by atoms with E-state index in [1.54, 1.807) is 0 Å². The van der Waals surface area contributed by atoms with E-state index in [1.165, 1.54) is 43.2 Å². The van der Waals surface area contributed by atoms with Gasteiger partial charge in [0.15, 0.2) is 8.07 Å². The highest BCUT2D eigenvalue weighted by Gasteiger charge is 2.40. The topological polar surface area (TPSA) is 3.24 Å². The summed E-state index contributed by atoms with van der Waals surface area (Å²) in [5, 5.41) is 5.66. The molecule has 2 heteroatoms. The number of anilines is 2. The molecule has 7 rings (SSSR count). The average Bonchev–Trinajstić information content (AvgIpc) is 3.46. The van der Waals surface area contributed by atoms with Gasteiger partial charge in [-0.25, -0.2) is 0 Å². The SMILES string of the molecule is CC.CC.CC.CC.CC.CC.CC.CC.CC.CC.CC.CC.CCN1c2ccccc2Cc2ccccc21.c1ccc([Si](c2ccccc2)(c2ccccc2)c2ccccc2)cc1. The lowest BCUT2D eigenvalue weighted by atomic mass is 9.96. The lowest BCUT2D eigenvalue weighted by Gasteiger charge is -2.34. The number of benzene rings is 6. The quantitative estimate of drug-likeness (QED) is 0.123. The van der Waals surface area contributed by atoms with Gasteiger partial charge in [-0.3, -0.25) is 0 Å². The van der Waals surface area contributed by atoms with Gasteiger partial charge in [-0.2, -0.15) is 0 Å². The first kappa shape index (κ1) is 74.7. The molecule has 6 aromatic carbocycles. The number of rotatable bonds is 5. The van der Waals surface area contributed by atoms with Crippen molar-refractivity contribution in [3.8, 4) is 0 Å². The summed E-state index contributed by atoms with van der Waals surface area (Å²) in [7, 11) is -2.30. The molecule has 6 aromatic rings. The first-order chi connectivity index (χ1) is 32.3. The Morgan fingerprint density at radius 3 is 0.662 bits per heavy atom. The Morgan fingerprint density at radius 2 is 0.462 bits per heavy atom. The van der Waals surface area contributed by atoms with Crippen LogP contribution in [-0.2, 0) is 6.42 Å². The molecule has 0 N–H and O–H groups in total. The van der Waals surface area contributed by atoms with E-state index < -0.39 is 8.07 Å². The third kappa shape index (κ3) is 25.6. The second-order valence-electron chi connectivity index (χ2n) is 10.4. The Labute approximate surface area is 410 Å². The van der Waals surface area contributed by atoms with Gasteiger partial charge in [-0.05, 0) is 50.9 Å². The average molecular weight is 907 g/mol. The molecular weight excluding hydrogens is 799 g/mol. The highest BCUT2D eigenvalue weighted by Crippen LogP contribution is 2.37. The van der Waals surface area contributed by atoms with Crippen LogP contribution in [0.4, 0.5) is 11.4 Å². The predicted molar refractivity (Wildman–Crippen MR) is 315 cm³/mol. The van der Waals surface area contributed by atoms with Crippen LogP contribution in [0.2, 0.25) is 0 Å². The Hall–Kier alpha value is -4.66. The molecule has 0 aromatic heterocycles. The summed E-state index contributed by atoms with van der Waals surface area (Å²) in [6, 6.07) is 61.4. The van der Waals surface area contributed by atoms with Gasteiger partial charge in [-0.1, -0.05) is 324 Å². The number of nitrogens with zero attached hydrogens (tertiary/aromatic N) is 1. The van der Waals surface area contributed by atoms with E-state index >= 15 is 0 Å². The minimum absolute atomic E-state index is 1.02. The number of para-hydroxylation sites is 2. The van der Waals surface area contributed by atoms with Crippen molar-refractivity contribution in [2.24, 2.45) is 0 Å². The van der Waals surface area contributed by atoms with Crippen LogP contribution in [0.25, 0.3) is 0 Å². The van der Waals surface area contributed by atoms with Crippen LogP contribution < -0.4 is 25.6 Å². The first-order valence-electron chi connectivity index (χ1n) is 26.5. The third-order valence-electron chi connectivity index (χ3n) is 8.09. The molecule has 65 heavy (non-hydrogen) atoms. The molecule has 1 aliphatic rings. The van der Waals surface area contributed by atoms with Crippen molar-refractivity contribution >= 4 is 40.2 Å². The predicted octanol–water partition coefficient (Wildman–Crippen LogP) is 19.1. The van der Waals surface area contributed by atoms with Gasteiger partial charge in [0, 0.05) is 24.3 Å². The number of hydrogen-bond donors (Lipinski definition) is 0. The smallest absolute Gasteiger partial charge is 0.179 e. The highest BCUT2D eigenvalue weighted by atomic mass is 28.3. The second-order valence-corrected chi connectivity index (χ2v) is 14.2. The molecular formula is C63H107NSi. The fourth-order valence-electron chi connectivity index (χ4n) is 6.28. The molecule has 1 aliphatic heterocycles. The van der Waals surface area contributed by atoms with E-state index in [2.05, 4.69) is 182 Å². The highest BCUT2D eigenvalue weighted by molar-refractivity contribution is 7.19. The molecule has 1 heterocycles. The zero-order chi connectivity index (χ0) is 51.9. The van der Waals surface area contributed by atoms with Gasteiger partial charge in [0.25, 0.3) is 0 Å². The summed E-state index contributed by atoms with van der Waals surface area (Å²) in [6.07, 6.45) is 1.06. The van der Waals surface area contributed by atoms with Crippen molar-refractivity contribution in [3.63, 3.8) is 0 Å². The number of hydrogen-bond acceptors (Lipinski definition) is 1. The molecule has 368 valence electrons. The Balaban J connectivity index is -0.000000146. The molecule has 0 amide bonds. The molecule has 0 bridgehead atoms. The molecule has 0 spiro atoms. The van der Waals surface area contributed by atoms with Gasteiger partial charge in [0.05, 0.1) is 0 Å². The minimum atomic E-state index is -2.30. The van der Waals surface area contributed by atoms with E-state index in [-0.39, 0.29) is 0 Å².